The summed E-state index contributed by atoms with van der Waals surface area (Å²) in [4.78, 5) is 2.31. The van der Waals surface area contributed by atoms with Gasteiger partial charge in [0.25, 0.3) is 0 Å². The van der Waals surface area contributed by atoms with E-state index in [0.29, 0.717) is 12.4 Å². The Kier molecular flexibility index (Phi) is 4.82. The predicted molar refractivity (Wildman–Crippen MR) is 76.7 cm³/mol. The van der Waals surface area contributed by atoms with Crippen molar-refractivity contribution in [1.82, 2.24) is 10.2 Å². The zero-order valence-electron chi connectivity index (χ0n) is 11.4. The SMILES string of the molecule is C=C[C@@H](c1cccc(OCC)c1O)N1CCNCC1. The topological polar surface area (TPSA) is 44.7 Å². The molecule has 2 N–H and O–H groups in total. The molecule has 2 rings (SSSR count). The minimum Gasteiger partial charge on any atom is -0.504 e. The van der Waals surface area contributed by atoms with Crippen LogP contribution < -0.4 is 10.1 Å². The van der Waals surface area contributed by atoms with Crippen LogP contribution >= 0.6 is 0 Å². The molecule has 0 aromatic heterocycles. The molecule has 1 aliphatic rings. The summed E-state index contributed by atoms with van der Waals surface area (Å²) < 4.78 is 5.44. The maximum atomic E-state index is 10.3. The normalized spacial score (nSPS) is 17.9. The standard InChI is InChI=1S/C15H22N2O2/c1-3-13(17-10-8-16-9-11-17)12-6-5-7-14(15(12)18)19-4-2/h3,5-7,13,16,18H,1,4,8-11H2,2H3/t13-/m0/s1. The highest BCUT2D eigenvalue weighted by Gasteiger charge is 2.23. The lowest BCUT2D eigenvalue weighted by Crippen LogP contribution is -2.44. The van der Waals surface area contributed by atoms with Crippen molar-refractivity contribution >= 4 is 0 Å². The Bertz CT molecular complexity index is 428. The average molecular weight is 262 g/mol. The maximum absolute atomic E-state index is 10.3. The van der Waals surface area contributed by atoms with Gasteiger partial charge in [-0.3, -0.25) is 4.90 Å². The van der Waals surface area contributed by atoms with Gasteiger partial charge in [0.15, 0.2) is 11.5 Å². The number of rotatable bonds is 5. The van der Waals surface area contributed by atoms with Gasteiger partial charge < -0.3 is 15.2 Å². The Hall–Kier alpha value is -1.52. The Morgan fingerprint density at radius 2 is 2.21 bits per heavy atom. The molecule has 1 fully saturated rings. The van der Waals surface area contributed by atoms with Crippen LogP contribution in [0, 0.1) is 0 Å². The molecule has 0 aliphatic carbocycles. The zero-order valence-corrected chi connectivity index (χ0v) is 11.4. The lowest BCUT2D eigenvalue weighted by atomic mass is 10.0. The fourth-order valence-electron chi connectivity index (χ4n) is 2.48. The molecule has 4 nitrogen and oxygen atoms in total. The zero-order chi connectivity index (χ0) is 13.7. The molecule has 0 amide bonds. The largest absolute Gasteiger partial charge is 0.504 e. The number of phenols is 1. The number of nitrogens with zero attached hydrogens (tertiary/aromatic N) is 1. The highest BCUT2D eigenvalue weighted by Crippen LogP contribution is 2.36. The third-order valence-electron chi connectivity index (χ3n) is 3.42. The van der Waals surface area contributed by atoms with E-state index in [-0.39, 0.29) is 11.8 Å². The van der Waals surface area contributed by atoms with Crippen LogP contribution in [0.25, 0.3) is 0 Å². The number of para-hydroxylation sites is 1. The predicted octanol–water partition coefficient (Wildman–Crippen LogP) is 1.92. The van der Waals surface area contributed by atoms with E-state index < -0.39 is 0 Å². The van der Waals surface area contributed by atoms with Crippen LogP contribution in [-0.2, 0) is 0 Å². The summed E-state index contributed by atoms with van der Waals surface area (Å²) in [5.74, 6) is 0.773. The van der Waals surface area contributed by atoms with E-state index >= 15 is 0 Å². The summed E-state index contributed by atoms with van der Waals surface area (Å²) in [5, 5.41) is 13.7. The molecule has 19 heavy (non-hydrogen) atoms. The molecule has 1 aromatic carbocycles. The van der Waals surface area contributed by atoms with Gasteiger partial charge >= 0.3 is 0 Å². The lowest BCUT2D eigenvalue weighted by molar-refractivity contribution is 0.200. The fourth-order valence-corrected chi connectivity index (χ4v) is 2.48. The Morgan fingerprint density at radius 3 is 2.84 bits per heavy atom. The molecule has 0 radical (unpaired) electrons. The number of hydrogen-bond donors (Lipinski definition) is 2. The summed E-state index contributed by atoms with van der Waals surface area (Å²) in [6.07, 6.45) is 1.89. The lowest BCUT2D eigenvalue weighted by Gasteiger charge is -2.33. The van der Waals surface area contributed by atoms with Crippen LogP contribution in [0.2, 0.25) is 0 Å². The average Bonchev–Trinajstić information content (AvgIpc) is 2.45. The van der Waals surface area contributed by atoms with E-state index in [1.54, 1.807) is 6.07 Å². The highest BCUT2D eigenvalue weighted by atomic mass is 16.5. The maximum Gasteiger partial charge on any atom is 0.162 e. The van der Waals surface area contributed by atoms with Crippen molar-refractivity contribution in [3.8, 4) is 11.5 Å². The second-order valence-corrected chi connectivity index (χ2v) is 4.59. The van der Waals surface area contributed by atoms with E-state index in [4.69, 9.17) is 4.74 Å². The molecule has 0 unspecified atom stereocenters. The summed E-state index contributed by atoms with van der Waals surface area (Å²) in [7, 11) is 0. The van der Waals surface area contributed by atoms with Crippen molar-refractivity contribution in [3.63, 3.8) is 0 Å². The summed E-state index contributed by atoms with van der Waals surface area (Å²) in [6.45, 7) is 10.2. The summed E-state index contributed by atoms with van der Waals surface area (Å²) in [5.41, 5.74) is 0.864. The third-order valence-corrected chi connectivity index (χ3v) is 3.42. The molecular formula is C15H22N2O2. The van der Waals surface area contributed by atoms with Gasteiger partial charge in [-0.05, 0) is 13.0 Å². The van der Waals surface area contributed by atoms with Crippen molar-refractivity contribution in [2.24, 2.45) is 0 Å². The van der Waals surface area contributed by atoms with Gasteiger partial charge in [0.05, 0.1) is 12.6 Å². The number of hydrogen-bond acceptors (Lipinski definition) is 4. The number of piperazine rings is 1. The fraction of sp³-hybridized carbons (Fsp3) is 0.467. The molecule has 0 bridgehead atoms. The van der Waals surface area contributed by atoms with Gasteiger partial charge in [0, 0.05) is 31.7 Å². The number of aromatic hydroxyl groups is 1. The van der Waals surface area contributed by atoms with Gasteiger partial charge in [-0.1, -0.05) is 18.2 Å². The van der Waals surface area contributed by atoms with Gasteiger partial charge in [-0.25, -0.2) is 0 Å². The monoisotopic (exact) mass is 262 g/mol. The van der Waals surface area contributed by atoms with Gasteiger partial charge in [0.1, 0.15) is 0 Å². The Labute approximate surface area is 114 Å². The van der Waals surface area contributed by atoms with Crippen LogP contribution in [0.1, 0.15) is 18.5 Å². The van der Waals surface area contributed by atoms with Crippen molar-refractivity contribution in [1.29, 1.82) is 0 Å². The first-order valence-corrected chi connectivity index (χ1v) is 6.80. The number of ether oxygens (including phenoxy) is 1. The van der Waals surface area contributed by atoms with E-state index in [1.165, 1.54) is 0 Å². The molecule has 1 aliphatic heterocycles. The summed E-state index contributed by atoms with van der Waals surface area (Å²) in [6, 6.07) is 5.67. The molecule has 0 saturated carbocycles. The molecule has 1 saturated heterocycles. The smallest absolute Gasteiger partial charge is 0.162 e. The van der Waals surface area contributed by atoms with Crippen LogP contribution in [-0.4, -0.2) is 42.8 Å². The minimum atomic E-state index is 0.0301. The number of benzene rings is 1. The second kappa shape index (κ2) is 6.59. The molecule has 4 heteroatoms. The van der Waals surface area contributed by atoms with Crippen molar-refractivity contribution < 1.29 is 9.84 Å². The molecule has 0 spiro atoms. The van der Waals surface area contributed by atoms with Crippen molar-refractivity contribution in [2.75, 3.05) is 32.8 Å². The Morgan fingerprint density at radius 1 is 1.47 bits per heavy atom. The summed E-state index contributed by atoms with van der Waals surface area (Å²) >= 11 is 0. The number of nitrogens with one attached hydrogen (secondary N) is 1. The van der Waals surface area contributed by atoms with Crippen LogP contribution in [0.15, 0.2) is 30.9 Å². The molecule has 1 atom stereocenters. The molecule has 1 aromatic rings. The van der Waals surface area contributed by atoms with Crippen molar-refractivity contribution in [3.05, 3.63) is 36.4 Å². The van der Waals surface area contributed by atoms with Crippen LogP contribution in [0.3, 0.4) is 0 Å². The third kappa shape index (κ3) is 3.08. The first-order chi connectivity index (χ1) is 9.27. The minimum absolute atomic E-state index is 0.0301. The molecule has 104 valence electrons. The second-order valence-electron chi connectivity index (χ2n) is 4.59. The van der Waals surface area contributed by atoms with E-state index in [2.05, 4.69) is 16.8 Å². The van der Waals surface area contributed by atoms with Gasteiger partial charge in [-0.15, -0.1) is 6.58 Å². The first kappa shape index (κ1) is 13.9. The highest BCUT2D eigenvalue weighted by molar-refractivity contribution is 5.48. The number of phenolic OH excluding ortho intramolecular Hbond substituents is 1. The van der Waals surface area contributed by atoms with E-state index in [9.17, 15) is 5.11 Å². The van der Waals surface area contributed by atoms with Crippen LogP contribution in [0.4, 0.5) is 0 Å². The van der Waals surface area contributed by atoms with Crippen LogP contribution in [0.5, 0.6) is 11.5 Å². The van der Waals surface area contributed by atoms with E-state index in [1.807, 2.05) is 25.1 Å². The Balaban J connectivity index is 2.26. The molecule has 1 heterocycles. The quantitative estimate of drug-likeness (QED) is 0.796. The molecular weight excluding hydrogens is 240 g/mol. The van der Waals surface area contributed by atoms with E-state index in [0.717, 1.165) is 31.7 Å². The first-order valence-electron chi connectivity index (χ1n) is 6.80. The van der Waals surface area contributed by atoms with Gasteiger partial charge in [-0.2, -0.15) is 0 Å². The van der Waals surface area contributed by atoms with Crippen molar-refractivity contribution in [2.45, 2.75) is 13.0 Å². The van der Waals surface area contributed by atoms with Gasteiger partial charge in [0.2, 0.25) is 0 Å².